The third-order valence-electron chi connectivity index (χ3n) is 6.47. The summed E-state index contributed by atoms with van der Waals surface area (Å²) < 4.78 is 2.06. The number of anilines is 4. The summed E-state index contributed by atoms with van der Waals surface area (Å²) in [5, 5.41) is 7.96. The fourth-order valence-corrected chi connectivity index (χ4v) is 5.42. The van der Waals surface area contributed by atoms with Gasteiger partial charge in [-0.05, 0) is 68.9 Å². The summed E-state index contributed by atoms with van der Waals surface area (Å²) in [4.78, 5) is 16.4. The van der Waals surface area contributed by atoms with E-state index in [9.17, 15) is 4.79 Å². The summed E-state index contributed by atoms with van der Waals surface area (Å²) in [6.45, 7) is 13.0. The molecule has 1 N–H and O–H groups in total. The lowest BCUT2D eigenvalue weighted by Gasteiger charge is -2.32. The molecular formula is C28H37N5O. The predicted octanol–water partition coefficient (Wildman–Crippen LogP) is 5.80. The summed E-state index contributed by atoms with van der Waals surface area (Å²) in [5.41, 5.74) is 8.54. The van der Waals surface area contributed by atoms with Gasteiger partial charge in [-0.2, -0.15) is 5.10 Å². The van der Waals surface area contributed by atoms with E-state index in [0.717, 1.165) is 50.4 Å². The first kappa shape index (κ1) is 23.9. The Morgan fingerprint density at radius 1 is 1.15 bits per heavy atom. The van der Waals surface area contributed by atoms with Crippen molar-refractivity contribution in [1.29, 1.82) is 0 Å². The van der Waals surface area contributed by atoms with Crippen LogP contribution in [0.25, 0.3) is 0 Å². The molecule has 0 saturated carbocycles. The van der Waals surface area contributed by atoms with Crippen LogP contribution in [0.15, 0.2) is 36.4 Å². The van der Waals surface area contributed by atoms with Crippen molar-refractivity contribution in [3.8, 4) is 0 Å². The normalized spacial score (nSPS) is 13.1. The van der Waals surface area contributed by atoms with Gasteiger partial charge in [0.25, 0.3) is 0 Å². The lowest BCUT2D eigenvalue weighted by atomic mass is 10.00. The van der Waals surface area contributed by atoms with Crippen LogP contribution in [0.4, 0.5) is 23.0 Å². The summed E-state index contributed by atoms with van der Waals surface area (Å²) in [5.74, 6) is 2.24. The van der Waals surface area contributed by atoms with Crippen molar-refractivity contribution in [3.05, 3.63) is 64.2 Å². The topological polar surface area (TPSA) is 53.4 Å². The number of carbonyl (C=O) groups excluding carboxylic acids is 1. The van der Waals surface area contributed by atoms with Crippen molar-refractivity contribution in [2.75, 3.05) is 28.2 Å². The molecule has 34 heavy (non-hydrogen) atoms. The third kappa shape index (κ3) is 4.81. The smallest absolute Gasteiger partial charge is 0.221 e. The number of hydrogen-bond donors (Lipinski definition) is 1. The van der Waals surface area contributed by atoms with Crippen LogP contribution in [-0.4, -0.2) is 28.8 Å². The molecule has 1 amide bonds. The number of nitrogens with one attached hydrogen (secondary N) is 1. The first-order valence-corrected chi connectivity index (χ1v) is 12.3. The van der Waals surface area contributed by atoms with Crippen molar-refractivity contribution >= 4 is 28.9 Å². The van der Waals surface area contributed by atoms with Crippen molar-refractivity contribution in [3.63, 3.8) is 0 Å². The van der Waals surface area contributed by atoms with E-state index in [1.807, 2.05) is 12.1 Å². The second-order valence-corrected chi connectivity index (χ2v) is 9.56. The number of aromatic nitrogens is 2. The van der Waals surface area contributed by atoms with Crippen molar-refractivity contribution in [1.82, 2.24) is 9.78 Å². The summed E-state index contributed by atoms with van der Waals surface area (Å²) in [6.07, 6.45) is 3.19. The average molecular weight is 460 g/mol. The Morgan fingerprint density at radius 3 is 2.56 bits per heavy atom. The molecule has 0 bridgehead atoms. The van der Waals surface area contributed by atoms with Crippen molar-refractivity contribution in [2.45, 2.75) is 60.4 Å². The highest BCUT2D eigenvalue weighted by Gasteiger charge is 2.29. The van der Waals surface area contributed by atoms with Crippen molar-refractivity contribution < 1.29 is 4.79 Å². The number of rotatable bonds is 7. The molecule has 1 aromatic heterocycles. The van der Waals surface area contributed by atoms with Gasteiger partial charge in [0.1, 0.15) is 5.82 Å². The molecule has 1 aliphatic heterocycles. The Kier molecular flexibility index (Phi) is 6.96. The zero-order valence-corrected chi connectivity index (χ0v) is 21.4. The number of amides is 1. The quantitative estimate of drug-likeness (QED) is 0.485. The minimum Gasteiger partial charge on any atom is -0.352 e. The minimum atomic E-state index is -0.0509. The van der Waals surface area contributed by atoms with E-state index in [4.69, 9.17) is 5.10 Å². The zero-order valence-electron chi connectivity index (χ0n) is 21.4. The van der Waals surface area contributed by atoms with Crippen LogP contribution in [0, 0.1) is 20.8 Å². The Hall–Kier alpha value is -3.28. The van der Waals surface area contributed by atoms with Gasteiger partial charge in [-0.25, -0.2) is 0 Å². The minimum absolute atomic E-state index is 0.0509. The molecule has 0 spiro atoms. The Morgan fingerprint density at radius 2 is 1.88 bits per heavy atom. The van der Waals surface area contributed by atoms with E-state index in [1.54, 1.807) is 6.92 Å². The largest absolute Gasteiger partial charge is 0.352 e. The van der Waals surface area contributed by atoms with Gasteiger partial charge in [-0.15, -0.1) is 0 Å². The van der Waals surface area contributed by atoms with Gasteiger partial charge in [-0.3, -0.25) is 9.48 Å². The highest BCUT2D eigenvalue weighted by Crippen LogP contribution is 2.41. The first-order chi connectivity index (χ1) is 16.3. The molecule has 0 saturated heterocycles. The maximum Gasteiger partial charge on any atom is 0.221 e. The number of fused-ring (bicyclic) bond motifs is 1. The average Bonchev–Trinajstić information content (AvgIpc) is 3.09. The van der Waals surface area contributed by atoms with Gasteiger partial charge in [0.15, 0.2) is 5.82 Å². The van der Waals surface area contributed by atoms with Gasteiger partial charge in [0.2, 0.25) is 5.91 Å². The lowest BCUT2D eigenvalue weighted by Crippen LogP contribution is -2.29. The third-order valence-corrected chi connectivity index (χ3v) is 6.47. The van der Waals surface area contributed by atoms with Crippen LogP contribution >= 0.6 is 0 Å². The molecule has 6 nitrogen and oxygen atoms in total. The zero-order chi connectivity index (χ0) is 24.4. The molecule has 2 heterocycles. The maximum atomic E-state index is 11.5. The van der Waals surface area contributed by atoms with E-state index in [-0.39, 0.29) is 5.91 Å². The molecule has 1 aliphatic rings. The van der Waals surface area contributed by atoms with Gasteiger partial charge in [-0.1, -0.05) is 36.8 Å². The Bertz CT molecular complexity index is 1170. The summed E-state index contributed by atoms with van der Waals surface area (Å²) >= 11 is 0. The van der Waals surface area contributed by atoms with Crippen molar-refractivity contribution in [2.24, 2.45) is 7.05 Å². The van der Waals surface area contributed by atoms with Crippen LogP contribution in [0.1, 0.15) is 54.5 Å². The SMILES string of the molecule is CCCN(Cc1cccc(NC(C)=O)c1)c1c2c(nn1C)N(c1c(C)cc(C)cc1C)CCC2. The predicted molar refractivity (Wildman–Crippen MR) is 141 cm³/mol. The second kappa shape index (κ2) is 9.92. The molecular weight excluding hydrogens is 422 g/mol. The Labute approximate surface area is 203 Å². The van der Waals surface area contributed by atoms with Crippen LogP contribution in [0.2, 0.25) is 0 Å². The van der Waals surface area contributed by atoms with E-state index in [1.165, 1.54) is 39.3 Å². The van der Waals surface area contributed by atoms with Gasteiger partial charge < -0.3 is 15.1 Å². The fraction of sp³-hybridized carbons (Fsp3) is 0.429. The fourth-order valence-electron chi connectivity index (χ4n) is 5.42. The summed E-state index contributed by atoms with van der Waals surface area (Å²) in [7, 11) is 2.07. The highest BCUT2D eigenvalue weighted by atomic mass is 16.1. The molecule has 0 fully saturated rings. The van der Waals surface area contributed by atoms with Crippen LogP contribution in [-0.2, 0) is 24.8 Å². The molecule has 6 heteroatoms. The first-order valence-electron chi connectivity index (χ1n) is 12.3. The Balaban J connectivity index is 1.72. The molecule has 0 atom stereocenters. The van der Waals surface area contributed by atoms with E-state index in [0.29, 0.717) is 0 Å². The number of hydrogen-bond acceptors (Lipinski definition) is 4. The number of nitrogens with zero attached hydrogens (tertiary/aromatic N) is 4. The molecule has 2 aromatic carbocycles. The standard InChI is InChI=1S/C28H37N5O/c1-7-13-32(18-23-10-8-11-24(17-23)29-22(5)34)28-25-12-9-14-33(27(25)30-31(28)6)26-20(3)15-19(2)16-21(26)4/h8,10-11,15-17H,7,9,12-14,18H2,1-6H3,(H,29,34). The van der Waals surface area contributed by atoms with Gasteiger partial charge in [0, 0.05) is 50.5 Å². The van der Waals surface area contributed by atoms with E-state index < -0.39 is 0 Å². The number of aryl methyl sites for hydroxylation is 4. The molecule has 0 radical (unpaired) electrons. The van der Waals surface area contributed by atoms with Gasteiger partial charge >= 0.3 is 0 Å². The van der Waals surface area contributed by atoms with E-state index in [2.05, 4.69) is 78.8 Å². The number of carbonyl (C=O) groups is 1. The highest BCUT2D eigenvalue weighted by molar-refractivity contribution is 5.88. The maximum absolute atomic E-state index is 11.5. The van der Waals surface area contributed by atoms with Crippen LogP contribution < -0.4 is 15.1 Å². The molecule has 4 rings (SSSR count). The second-order valence-electron chi connectivity index (χ2n) is 9.56. The molecule has 0 aliphatic carbocycles. The van der Waals surface area contributed by atoms with Gasteiger partial charge in [0.05, 0.1) is 0 Å². The number of benzene rings is 2. The van der Waals surface area contributed by atoms with Crippen LogP contribution in [0.3, 0.4) is 0 Å². The monoisotopic (exact) mass is 459 g/mol. The molecule has 3 aromatic rings. The van der Waals surface area contributed by atoms with E-state index >= 15 is 0 Å². The summed E-state index contributed by atoms with van der Waals surface area (Å²) in [6, 6.07) is 12.7. The molecule has 0 unspecified atom stereocenters. The molecule has 180 valence electrons. The lowest BCUT2D eigenvalue weighted by molar-refractivity contribution is -0.114. The van der Waals surface area contributed by atoms with Crippen LogP contribution in [0.5, 0.6) is 0 Å².